The summed E-state index contributed by atoms with van der Waals surface area (Å²) in [5.74, 6) is 4.68. The highest BCUT2D eigenvalue weighted by molar-refractivity contribution is 5.21. The van der Waals surface area contributed by atoms with Crippen molar-refractivity contribution in [2.75, 3.05) is 0 Å². The van der Waals surface area contributed by atoms with E-state index in [4.69, 9.17) is 0 Å². The Hall–Kier alpha value is -0.300. The molecule has 0 aromatic rings. The zero-order chi connectivity index (χ0) is 16.9. The summed E-state index contributed by atoms with van der Waals surface area (Å²) in [6, 6.07) is 0. The molecule has 0 saturated heterocycles. The molecule has 4 rings (SSSR count). The number of fused-ring (bicyclic) bond motifs is 5. The van der Waals surface area contributed by atoms with Crippen LogP contribution in [0.3, 0.4) is 0 Å². The first-order valence-electron chi connectivity index (χ1n) is 10.9. The number of rotatable bonds is 3. The minimum atomic E-state index is -0.391. The highest BCUT2D eigenvalue weighted by atomic mass is 16.3. The van der Waals surface area contributed by atoms with Gasteiger partial charge in [-0.1, -0.05) is 45.3 Å². The smallest absolute Gasteiger partial charge is 0.0682 e. The van der Waals surface area contributed by atoms with Crippen molar-refractivity contribution in [2.24, 2.45) is 35.0 Å². The van der Waals surface area contributed by atoms with E-state index in [0.717, 1.165) is 48.9 Å². The highest BCUT2D eigenvalue weighted by Crippen LogP contribution is 2.64. The van der Waals surface area contributed by atoms with Gasteiger partial charge < -0.3 is 5.11 Å². The van der Waals surface area contributed by atoms with Gasteiger partial charge in [-0.2, -0.15) is 0 Å². The summed E-state index contributed by atoms with van der Waals surface area (Å²) >= 11 is 0. The van der Waals surface area contributed by atoms with Gasteiger partial charge in [-0.3, -0.25) is 0 Å². The quantitative estimate of drug-likeness (QED) is 0.618. The first-order chi connectivity index (χ1) is 11.5. The third-order valence-electron chi connectivity index (χ3n) is 9.08. The maximum atomic E-state index is 10.8. The molecule has 3 saturated carbocycles. The first kappa shape index (κ1) is 17.1. The van der Waals surface area contributed by atoms with Gasteiger partial charge >= 0.3 is 0 Å². The van der Waals surface area contributed by atoms with Crippen LogP contribution in [0, 0.1) is 35.0 Å². The van der Waals surface area contributed by atoms with Crippen LogP contribution in [0.15, 0.2) is 11.6 Å². The molecule has 7 atom stereocenters. The minimum absolute atomic E-state index is 0.391. The van der Waals surface area contributed by atoms with Gasteiger partial charge in [-0.15, -0.1) is 0 Å². The Morgan fingerprint density at radius 1 is 1.08 bits per heavy atom. The Morgan fingerprint density at radius 3 is 2.67 bits per heavy atom. The second kappa shape index (κ2) is 6.15. The predicted molar refractivity (Wildman–Crippen MR) is 101 cm³/mol. The summed E-state index contributed by atoms with van der Waals surface area (Å²) in [6.45, 7) is 7.18. The second-order valence-electron chi connectivity index (χ2n) is 9.96. The van der Waals surface area contributed by atoms with E-state index in [9.17, 15) is 5.11 Å². The summed E-state index contributed by atoms with van der Waals surface area (Å²) in [7, 11) is 0. The molecule has 4 aliphatic carbocycles. The van der Waals surface area contributed by atoms with E-state index in [-0.39, 0.29) is 0 Å². The Balaban J connectivity index is 1.55. The number of aliphatic hydroxyl groups is 1. The summed E-state index contributed by atoms with van der Waals surface area (Å²) < 4.78 is 0. The van der Waals surface area contributed by atoms with Crippen molar-refractivity contribution in [3.8, 4) is 0 Å². The Kier molecular flexibility index (Phi) is 4.39. The lowest BCUT2D eigenvalue weighted by molar-refractivity contribution is -0.0405. The molecule has 1 N–H and O–H groups in total. The fraction of sp³-hybridized carbons (Fsp3) is 0.913. The molecule has 136 valence electrons. The van der Waals surface area contributed by atoms with Gasteiger partial charge in [-0.05, 0) is 92.8 Å². The largest absolute Gasteiger partial charge is 0.390 e. The summed E-state index contributed by atoms with van der Waals surface area (Å²) in [5.41, 5.74) is 1.89. The lowest BCUT2D eigenvalue weighted by atomic mass is 9.51. The molecule has 1 nitrogen and oxygen atoms in total. The average molecular weight is 331 g/mol. The first-order valence-corrected chi connectivity index (χ1v) is 10.9. The zero-order valence-electron chi connectivity index (χ0n) is 16.2. The van der Waals surface area contributed by atoms with Crippen molar-refractivity contribution >= 4 is 0 Å². The van der Waals surface area contributed by atoms with Gasteiger partial charge in [0.25, 0.3) is 0 Å². The number of allylic oxidation sites excluding steroid dienone is 1. The van der Waals surface area contributed by atoms with E-state index >= 15 is 0 Å². The molecule has 0 amide bonds. The summed E-state index contributed by atoms with van der Waals surface area (Å²) in [6.07, 6.45) is 16.8. The van der Waals surface area contributed by atoms with Crippen molar-refractivity contribution in [1.82, 2.24) is 0 Å². The molecular weight excluding hydrogens is 292 g/mol. The fourth-order valence-corrected chi connectivity index (χ4v) is 7.60. The minimum Gasteiger partial charge on any atom is -0.390 e. The molecule has 0 aliphatic heterocycles. The van der Waals surface area contributed by atoms with Gasteiger partial charge in [0.1, 0.15) is 0 Å². The number of hydrogen-bond donors (Lipinski definition) is 1. The van der Waals surface area contributed by atoms with Crippen LogP contribution in [-0.2, 0) is 0 Å². The normalized spacial score (nSPS) is 50.7. The summed E-state index contributed by atoms with van der Waals surface area (Å²) in [4.78, 5) is 0. The van der Waals surface area contributed by atoms with Crippen LogP contribution < -0.4 is 0 Å². The molecule has 6 unspecified atom stereocenters. The van der Waals surface area contributed by atoms with Crippen LogP contribution in [0.1, 0.15) is 91.4 Å². The van der Waals surface area contributed by atoms with Crippen LogP contribution >= 0.6 is 0 Å². The van der Waals surface area contributed by atoms with Crippen molar-refractivity contribution in [1.29, 1.82) is 0 Å². The molecule has 0 radical (unpaired) electrons. The molecule has 0 heterocycles. The third kappa shape index (κ3) is 2.52. The Labute approximate surface area is 149 Å². The van der Waals surface area contributed by atoms with Crippen molar-refractivity contribution in [3.63, 3.8) is 0 Å². The van der Waals surface area contributed by atoms with E-state index < -0.39 is 5.60 Å². The molecule has 24 heavy (non-hydrogen) atoms. The van der Waals surface area contributed by atoms with Crippen LogP contribution in [0.5, 0.6) is 0 Å². The predicted octanol–water partition coefficient (Wildman–Crippen LogP) is 6.12. The molecule has 0 spiro atoms. The highest BCUT2D eigenvalue weighted by Gasteiger charge is 2.55. The molecular formula is C23H38O. The van der Waals surface area contributed by atoms with Crippen LogP contribution in [0.4, 0.5) is 0 Å². The van der Waals surface area contributed by atoms with E-state index in [0.29, 0.717) is 5.41 Å². The fourth-order valence-electron chi connectivity index (χ4n) is 7.60. The van der Waals surface area contributed by atoms with E-state index in [1.54, 1.807) is 5.57 Å². The molecule has 0 bridgehead atoms. The van der Waals surface area contributed by atoms with Gasteiger partial charge in [0.05, 0.1) is 5.60 Å². The second-order valence-corrected chi connectivity index (χ2v) is 9.96. The SMILES string of the molecule is CCCC1CCC2C3CC=C4C[C@](O)(CC)CCC4C3CCC12C. The molecule has 4 aliphatic rings. The standard InChI is InChI=1S/C23H38O/c1-4-6-17-8-10-21-20-9-7-16-15-23(24,5-2)14-12-18(16)19(20)11-13-22(17,21)3/h7,17-21,24H,4-6,8-15H2,1-3H3/t17?,18?,19?,20?,21?,22?,23-/m0/s1. The Morgan fingerprint density at radius 2 is 1.92 bits per heavy atom. The van der Waals surface area contributed by atoms with Gasteiger partial charge in [0.2, 0.25) is 0 Å². The van der Waals surface area contributed by atoms with E-state index in [2.05, 4.69) is 26.8 Å². The van der Waals surface area contributed by atoms with Crippen molar-refractivity contribution in [3.05, 3.63) is 11.6 Å². The Bertz CT molecular complexity index is 508. The van der Waals surface area contributed by atoms with Crippen LogP contribution in [-0.4, -0.2) is 10.7 Å². The zero-order valence-corrected chi connectivity index (χ0v) is 16.2. The maximum absolute atomic E-state index is 10.8. The van der Waals surface area contributed by atoms with Crippen molar-refractivity contribution < 1.29 is 5.11 Å². The van der Waals surface area contributed by atoms with Gasteiger partial charge in [0.15, 0.2) is 0 Å². The molecule has 0 aromatic heterocycles. The van der Waals surface area contributed by atoms with Crippen LogP contribution in [0.2, 0.25) is 0 Å². The monoisotopic (exact) mass is 330 g/mol. The van der Waals surface area contributed by atoms with Crippen molar-refractivity contribution in [2.45, 2.75) is 97.0 Å². The van der Waals surface area contributed by atoms with E-state index in [1.165, 1.54) is 51.4 Å². The summed E-state index contributed by atoms with van der Waals surface area (Å²) in [5, 5.41) is 10.8. The molecule has 3 fully saturated rings. The number of hydrogen-bond acceptors (Lipinski definition) is 1. The topological polar surface area (TPSA) is 20.2 Å². The van der Waals surface area contributed by atoms with Crippen LogP contribution in [0.25, 0.3) is 0 Å². The molecule has 0 aromatic carbocycles. The average Bonchev–Trinajstić information content (AvgIpc) is 2.91. The maximum Gasteiger partial charge on any atom is 0.0682 e. The lowest BCUT2D eigenvalue weighted by Gasteiger charge is -2.54. The van der Waals surface area contributed by atoms with E-state index in [1.807, 2.05) is 0 Å². The lowest BCUT2D eigenvalue weighted by Crippen LogP contribution is -2.47. The third-order valence-corrected chi connectivity index (χ3v) is 9.08. The van der Waals surface area contributed by atoms with Gasteiger partial charge in [0, 0.05) is 0 Å². The molecule has 1 heteroatoms. The van der Waals surface area contributed by atoms with Gasteiger partial charge in [-0.25, -0.2) is 0 Å².